The van der Waals surface area contributed by atoms with Crippen molar-refractivity contribution in [2.75, 3.05) is 11.9 Å². The van der Waals surface area contributed by atoms with Crippen LogP contribution in [0.4, 0.5) is 5.69 Å². The molecule has 0 spiro atoms. The first-order valence-electron chi connectivity index (χ1n) is 9.62. The summed E-state index contributed by atoms with van der Waals surface area (Å²) < 4.78 is 5.18. The third kappa shape index (κ3) is 5.51. The molecule has 0 atom stereocenters. The molecule has 0 fully saturated rings. The number of benzene rings is 3. The van der Waals surface area contributed by atoms with E-state index in [2.05, 4.69) is 5.32 Å². The van der Waals surface area contributed by atoms with E-state index in [4.69, 9.17) is 4.74 Å². The highest BCUT2D eigenvalue weighted by atomic mass is 16.5. The molecule has 0 radical (unpaired) electrons. The lowest BCUT2D eigenvalue weighted by atomic mass is 10.0. The zero-order valence-electron chi connectivity index (χ0n) is 16.3. The number of hydrogen-bond acceptors (Lipinski definition) is 4. The van der Waals surface area contributed by atoms with E-state index in [1.165, 1.54) is 0 Å². The van der Waals surface area contributed by atoms with Gasteiger partial charge in [-0.3, -0.25) is 14.4 Å². The number of ketones is 1. The molecule has 0 aliphatic heterocycles. The van der Waals surface area contributed by atoms with Gasteiger partial charge in [0.25, 0.3) is 0 Å². The smallest absolute Gasteiger partial charge is 0.310 e. The Labute approximate surface area is 169 Å². The molecular weight excluding hydrogens is 366 g/mol. The molecule has 148 valence electrons. The number of rotatable bonds is 8. The molecular formula is C24H23NO4. The van der Waals surface area contributed by atoms with Gasteiger partial charge < -0.3 is 10.1 Å². The fourth-order valence-electron chi connectivity index (χ4n) is 3.07. The number of carbonyl (C=O) groups excluding carboxylic acids is 3. The minimum Gasteiger partial charge on any atom is -0.457 e. The second kappa shape index (κ2) is 9.64. The summed E-state index contributed by atoms with van der Waals surface area (Å²) in [7, 11) is 0. The van der Waals surface area contributed by atoms with Crippen LogP contribution in [-0.4, -0.2) is 24.3 Å². The number of esters is 1. The first-order valence-corrected chi connectivity index (χ1v) is 9.62. The average molecular weight is 389 g/mol. The first kappa shape index (κ1) is 20.3. The van der Waals surface area contributed by atoms with Gasteiger partial charge in [0.2, 0.25) is 5.91 Å². The summed E-state index contributed by atoms with van der Waals surface area (Å²) in [5.41, 5.74) is 1.93. The van der Waals surface area contributed by atoms with Crippen LogP contribution < -0.4 is 5.32 Å². The molecule has 0 bridgehead atoms. The topological polar surface area (TPSA) is 72.5 Å². The zero-order chi connectivity index (χ0) is 20.6. The molecule has 5 nitrogen and oxygen atoms in total. The molecule has 0 unspecified atom stereocenters. The van der Waals surface area contributed by atoms with Crippen molar-refractivity contribution in [1.29, 1.82) is 0 Å². The second-order valence-electron chi connectivity index (χ2n) is 6.77. The van der Waals surface area contributed by atoms with Gasteiger partial charge in [-0.25, -0.2) is 0 Å². The molecule has 0 aliphatic carbocycles. The van der Waals surface area contributed by atoms with Crippen molar-refractivity contribution >= 4 is 34.1 Å². The third-order valence-electron chi connectivity index (χ3n) is 4.55. The van der Waals surface area contributed by atoms with Crippen molar-refractivity contribution in [2.45, 2.75) is 26.2 Å². The van der Waals surface area contributed by atoms with Crippen LogP contribution in [0, 0.1) is 0 Å². The number of hydrogen-bond donors (Lipinski definition) is 1. The van der Waals surface area contributed by atoms with Crippen molar-refractivity contribution in [2.24, 2.45) is 0 Å². The summed E-state index contributed by atoms with van der Waals surface area (Å²) in [6, 6.07) is 20.2. The number of carbonyl (C=O) groups is 3. The minimum absolute atomic E-state index is 0.0612. The molecule has 3 aromatic rings. The van der Waals surface area contributed by atoms with Gasteiger partial charge in [0.05, 0.1) is 6.42 Å². The maximum Gasteiger partial charge on any atom is 0.310 e. The van der Waals surface area contributed by atoms with E-state index in [9.17, 15) is 14.4 Å². The monoisotopic (exact) mass is 389 g/mol. The summed E-state index contributed by atoms with van der Waals surface area (Å²) in [5.74, 6) is -0.796. The molecule has 1 N–H and O–H groups in total. The van der Waals surface area contributed by atoms with E-state index in [0.717, 1.165) is 22.8 Å². The van der Waals surface area contributed by atoms with Gasteiger partial charge in [-0.15, -0.1) is 0 Å². The normalized spacial score (nSPS) is 10.5. The molecule has 0 aromatic heterocycles. The highest BCUT2D eigenvalue weighted by molar-refractivity contribution is 5.99. The van der Waals surface area contributed by atoms with Crippen LogP contribution in [0.1, 0.15) is 35.7 Å². The maximum absolute atomic E-state index is 12.3. The largest absolute Gasteiger partial charge is 0.457 e. The van der Waals surface area contributed by atoms with Crippen LogP contribution in [0.5, 0.6) is 0 Å². The van der Waals surface area contributed by atoms with Gasteiger partial charge in [-0.2, -0.15) is 0 Å². The quantitative estimate of drug-likeness (QED) is 0.453. The number of amides is 1. The molecule has 5 heteroatoms. The first-order chi connectivity index (χ1) is 14.1. The van der Waals surface area contributed by atoms with Gasteiger partial charge in [0, 0.05) is 17.7 Å². The summed E-state index contributed by atoms with van der Waals surface area (Å²) in [4.78, 5) is 36.1. The van der Waals surface area contributed by atoms with Gasteiger partial charge in [-0.1, -0.05) is 49.4 Å². The predicted molar refractivity (Wildman–Crippen MR) is 113 cm³/mol. The lowest BCUT2D eigenvalue weighted by Crippen LogP contribution is -2.16. The van der Waals surface area contributed by atoms with Crippen LogP contribution in [0.2, 0.25) is 0 Å². The molecule has 3 rings (SSSR count). The number of Topliss-reactive ketones (excluding diaryl/α,β-unsaturated/α-hetero) is 1. The maximum atomic E-state index is 12.3. The van der Waals surface area contributed by atoms with Crippen LogP contribution in [0.25, 0.3) is 10.8 Å². The van der Waals surface area contributed by atoms with E-state index in [1.54, 1.807) is 24.3 Å². The van der Waals surface area contributed by atoms with Crippen LogP contribution in [0.15, 0.2) is 66.7 Å². The number of ether oxygens (including phenoxy) is 1. The Balaban J connectivity index is 1.54. The minimum atomic E-state index is -0.446. The number of nitrogens with one attached hydrogen (secondary N) is 1. The fourth-order valence-corrected chi connectivity index (χ4v) is 3.07. The Kier molecular flexibility index (Phi) is 6.74. The van der Waals surface area contributed by atoms with Crippen molar-refractivity contribution in [3.8, 4) is 0 Å². The lowest BCUT2D eigenvalue weighted by molar-refractivity contribution is -0.141. The van der Waals surface area contributed by atoms with Crippen LogP contribution in [0.3, 0.4) is 0 Å². The number of anilines is 1. The molecule has 1 amide bonds. The molecule has 0 saturated carbocycles. The highest BCUT2D eigenvalue weighted by Gasteiger charge is 2.12. The Morgan fingerprint density at radius 2 is 1.62 bits per heavy atom. The van der Waals surface area contributed by atoms with Gasteiger partial charge in [0.15, 0.2) is 12.4 Å². The van der Waals surface area contributed by atoms with E-state index in [1.807, 2.05) is 49.4 Å². The molecule has 0 heterocycles. The van der Waals surface area contributed by atoms with Gasteiger partial charge >= 0.3 is 5.97 Å². The number of fused-ring (bicyclic) bond motifs is 1. The zero-order valence-corrected chi connectivity index (χ0v) is 16.3. The second-order valence-corrected chi connectivity index (χ2v) is 6.77. The third-order valence-corrected chi connectivity index (χ3v) is 4.55. The highest BCUT2D eigenvalue weighted by Crippen LogP contribution is 2.19. The van der Waals surface area contributed by atoms with E-state index in [-0.39, 0.29) is 24.7 Å². The lowest BCUT2D eigenvalue weighted by Gasteiger charge is -2.08. The Hall–Kier alpha value is -3.47. The molecule has 0 saturated heterocycles. The molecule has 29 heavy (non-hydrogen) atoms. The van der Waals surface area contributed by atoms with Crippen molar-refractivity contribution in [3.05, 3.63) is 77.9 Å². The molecule has 3 aromatic carbocycles. The summed E-state index contributed by atoms with van der Waals surface area (Å²) >= 11 is 0. The Morgan fingerprint density at radius 3 is 2.38 bits per heavy atom. The van der Waals surface area contributed by atoms with Gasteiger partial charge in [0.1, 0.15) is 0 Å². The summed E-state index contributed by atoms with van der Waals surface area (Å²) in [6.07, 6.45) is 1.33. The summed E-state index contributed by atoms with van der Waals surface area (Å²) in [5, 5.41) is 4.82. The predicted octanol–water partition coefficient (Wildman–Crippen LogP) is 4.55. The van der Waals surface area contributed by atoms with E-state index in [0.29, 0.717) is 17.7 Å². The molecule has 0 aliphatic rings. The van der Waals surface area contributed by atoms with Crippen LogP contribution in [-0.2, 0) is 20.7 Å². The SMILES string of the molecule is CCCC(=O)Nc1ccc(C(=O)COC(=O)Cc2cccc3ccccc23)cc1. The van der Waals surface area contributed by atoms with Crippen LogP contribution >= 0.6 is 0 Å². The van der Waals surface area contributed by atoms with E-state index >= 15 is 0 Å². The standard InChI is InChI=1S/C24H23NO4/c1-2-6-23(27)25-20-13-11-18(12-14-20)22(26)16-29-24(28)15-19-9-5-8-17-7-3-4-10-21(17)19/h3-5,7-14H,2,6,15-16H2,1H3,(H,25,27). The average Bonchev–Trinajstić information content (AvgIpc) is 2.73. The van der Waals surface area contributed by atoms with E-state index < -0.39 is 5.97 Å². The van der Waals surface area contributed by atoms with Crippen molar-refractivity contribution in [3.63, 3.8) is 0 Å². The Bertz CT molecular complexity index is 1020. The van der Waals surface area contributed by atoms with Gasteiger partial charge in [-0.05, 0) is 47.0 Å². The van der Waals surface area contributed by atoms with Crippen molar-refractivity contribution in [1.82, 2.24) is 0 Å². The summed E-state index contributed by atoms with van der Waals surface area (Å²) in [6.45, 7) is 1.62. The fraction of sp³-hybridized carbons (Fsp3) is 0.208. The Morgan fingerprint density at radius 1 is 0.897 bits per heavy atom. The van der Waals surface area contributed by atoms with Crippen molar-refractivity contribution < 1.29 is 19.1 Å².